The first-order chi connectivity index (χ1) is 7.62. The van der Waals surface area contributed by atoms with Crippen molar-refractivity contribution in [2.75, 3.05) is 26.0 Å². The fourth-order valence-electron chi connectivity index (χ4n) is 2.36. The lowest BCUT2D eigenvalue weighted by Gasteiger charge is -2.36. The number of hydrogen-bond acceptors (Lipinski definition) is 5. The van der Waals surface area contributed by atoms with Gasteiger partial charge >= 0.3 is 0 Å². The van der Waals surface area contributed by atoms with Crippen molar-refractivity contribution in [3.63, 3.8) is 0 Å². The fourth-order valence-corrected chi connectivity index (χ4v) is 3.15. The van der Waals surface area contributed by atoms with Gasteiger partial charge in [0, 0.05) is 12.1 Å². The molecule has 6 heteroatoms. The van der Waals surface area contributed by atoms with E-state index in [1.54, 1.807) is 0 Å². The lowest BCUT2D eigenvalue weighted by molar-refractivity contribution is 0.172. The third-order valence-electron chi connectivity index (χ3n) is 3.49. The normalized spacial score (nSPS) is 19.2. The first-order valence-corrected chi connectivity index (χ1v) is 6.82. The highest BCUT2D eigenvalue weighted by molar-refractivity contribution is 7.73. The highest BCUT2D eigenvalue weighted by atomic mass is 32.1. The zero-order valence-corrected chi connectivity index (χ0v) is 11.4. The number of aromatic nitrogens is 2. The number of nitrogens with zero attached hydrogens (tertiary/aromatic N) is 2. The van der Waals surface area contributed by atoms with Crippen molar-refractivity contribution in [3.05, 3.63) is 3.95 Å². The van der Waals surface area contributed by atoms with E-state index < -0.39 is 0 Å². The van der Waals surface area contributed by atoms with Crippen LogP contribution in [0, 0.1) is 3.95 Å². The molecule has 1 fully saturated rings. The molecule has 0 radical (unpaired) electrons. The Labute approximate surface area is 105 Å². The number of H-pyrrole nitrogens is 1. The SMILES string of the molecule is CN(C)C1(CNc2n[nH]c(=S)s2)CCCC1. The van der Waals surface area contributed by atoms with Crippen molar-refractivity contribution in [3.8, 4) is 0 Å². The summed E-state index contributed by atoms with van der Waals surface area (Å²) in [5.41, 5.74) is 0.299. The molecule has 1 aromatic rings. The van der Waals surface area contributed by atoms with Crippen molar-refractivity contribution in [1.82, 2.24) is 15.1 Å². The number of nitrogens with one attached hydrogen (secondary N) is 2. The van der Waals surface area contributed by atoms with Gasteiger partial charge in [0.25, 0.3) is 0 Å². The van der Waals surface area contributed by atoms with Crippen molar-refractivity contribution in [2.45, 2.75) is 31.2 Å². The number of likely N-dealkylation sites (N-methyl/N-ethyl adjacent to an activating group) is 1. The van der Waals surface area contributed by atoms with E-state index in [1.165, 1.54) is 37.0 Å². The summed E-state index contributed by atoms with van der Waals surface area (Å²) in [6, 6.07) is 0. The van der Waals surface area contributed by atoms with Crippen molar-refractivity contribution >= 4 is 28.7 Å². The van der Waals surface area contributed by atoms with Crippen LogP contribution in [0.25, 0.3) is 0 Å². The molecule has 1 heterocycles. The van der Waals surface area contributed by atoms with E-state index in [0.717, 1.165) is 15.6 Å². The van der Waals surface area contributed by atoms with Gasteiger partial charge in [-0.25, -0.2) is 0 Å². The molecular weight excluding hydrogens is 240 g/mol. The number of rotatable bonds is 4. The molecule has 0 bridgehead atoms. The number of anilines is 1. The summed E-state index contributed by atoms with van der Waals surface area (Å²) < 4.78 is 0.729. The largest absolute Gasteiger partial charge is 0.358 e. The maximum atomic E-state index is 5.01. The Balaban J connectivity index is 1.99. The molecule has 0 spiro atoms. The van der Waals surface area contributed by atoms with E-state index in [1.807, 2.05) is 0 Å². The molecule has 0 saturated heterocycles. The van der Waals surface area contributed by atoms with Gasteiger partial charge in [-0.05, 0) is 39.2 Å². The van der Waals surface area contributed by atoms with Gasteiger partial charge in [0.15, 0.2) is 3.95 Å². The van der Waals surface area contributed by atoms with Gasteiger partial charge in [-0.3, -0.25) is 5.10 Å². The van der Waals surface area contributed by atoms with Crippen LogP contribution in [0.1, 0.15) is 25.7 Å². The maximum absolute atomic E-state index is 5.01. The van der Waals surface area contributed by atoms with Crippen LogP contribution < -0.4 is 5.32 Å². The van der Waals surface area contributed by atoms with Crippen LogP contribution in [0.15, 0.2) is 0 Å². The minimum Gasteiger partial charge on any atom is -0.358 e. The summed E-state index contributed by atoms with van der Waals surface area (Å²) in [4.78, 5) is 2.35. The molecule has 2 rings (SSSR count). The second-order valence-electron chi connectivity index (χ2n) is 4.60. The minimum atomic E-state index is 0.299. The zero-order chi connectivity index (χ0) is 11.6. The Morgan fingerprint density at radius 3 is 2.69 bits per heavy atom. The smallest absolute Gasteiger partial charge is 0.204 e. The van der Waals surface area contributed by atoms with Crippen LogP contribution in [-0.2, 0) is 0 Å². The zero-order valence-electron chi connectivity index (χ0n) is 9.75. The molecule has 1 aliphatic carbocycles. The summed E-state index contributed by atoms with van der Waals surface area (Å²) in [5.74, 6) is 0. The van der Waals surface area contributed by atoms with E-state index in [-0.39, 0.29) is 0 Å². The van der Waals surface area contributed by atoms with Crippen LogP contribution in [0.5, 0.6) is 0 Å². The van der Waals surface area contributed by atoms with Gasteiger partial charge in [0.05, 0.1) is 0 Å². The highest BCUT2D eigenvalue weighted by Gasteiger charge is 2.35. The number of aromatic amines is 1. The summed E-state index contributed by atoms with van der Waals surface area (Å²) in [7, 11) is 4.33. The molecule has 0 aliphatic heterocycles. The van der Waals surface area contributed by atoms with Gasteiger partial charge in [0.2, 0.25) is 5.13 Å². The second-order valence-corrected chi connectivity index (χ2v) is 6.26. The fraction of sp³-hybridized carbons (Fsp3) is 0.800. The van der Waals surface area contributed by atoms with E-state index >= 15 is 0 Å². The Hall–Kier alpha value is -0.460. The standard InChI is InChI=1S/C10H18N4S2/c1-14(2)10(5-3-4-6-10)7-11-8-12-13-9(15)16-8/h3-7H2,1-2H3,(H,11,12)(H,13,15). The monoisotopic (exact) mass is 258 g/mol. The average Bonchev–Trinajstić information content (AvgIpc) is 2.84. The minimum absolute atomic E-state index is 0.299. The van der Waals surface area contributed by atoms with Crippen LogP contribution in [0.4, 0.5) is 5.13 Å². The molecule has 1 aromatic heterocycles. The molecule has 90 valence electrons. The summed E-state index contributed by atoms with van der Waals surface area (Å²) >= 11 is 6.51. The van der Waals surface area contributed by atoms with E-state index in [0.29, 0.717) is 5.54 Å². The molecule has 0 aromatic carbocycles. The first-order valence-electron chi connectivity index (χ1n) is 5.59. The summed E-state index contributed by atoms with van der Waals surface area (Å²) in [6.45, 7) is 0.954. The van der Waals surface area contributed by atoms with Crippen LogP contribution in [0.2, 0.25) is 0 Å². The lowest BCUT2D eigenvalue weighted by Crippen LogP contribution is -2.47. The predicted octanol–water partition coefficient (Wildman–Crippen LogP) is 2.49. The Morgan fingerprint density at radius 2 is 2.19 bits per heavy atom. The Kier molecular flexibility index (Phi) is 3.61. The molecule has 0 unspecified atom stereocenters. The van der Waals surface area contributed by atoms with Crippen LogP contribution >= 0.6 is 23.6 Å². The highest BCUT2D eigenvalue weighted by Crippen LogP contribution is 2.34. The number of hydrogen-bond donors (Lipinski definition) is 2. The van der Waals surface area contributed by atoms with E-state index in [4.69, 9.17) is 12.2 Å². The first kappa shape index (κ1) is 12.0. The van der Waals surface area contributed by atoms with E-state index in [2.05, 4.69) is 34.5 Å². The Bertz CT molecular complexity index is 390. The maximum Gasteiger partial charge on any atom is 0.204 e. The van der Waals surface area contributed by atoms with Gasteiger partial charge in [-0.2, -0.15) is 0 Å². The van der Waals surface area contributed by atoms with Gasteiger partial charge in [0.1, 0.15) is 0 Å². The third kappa shape index (κ3) is 2.44. The second kappa shape index (κ2) is 4.81. The molecule has 1 aliphatic rings. The van der Waals surface area contributed by atoms with Gasteiger partial charge in [-0.15, -0.1) is 5.10 Å². The molecule has 4 nitrogen and oxygen atoms in total. The summed E-state index contributed by atoms with van der Waals surface area (Å²) in [6.07, 6.45) is 5.19. The molecule has 0 amide bonds. The van der Waals surface area contributed by atoms with Gasteiger partial charge in [-0.1, -0.05) is 24.2 Å². The van der Waals surface area contributed by atoms with Crippen molar-refractivity contribution in [1.29, 1.82) is 0 Å². The predicted molar refractivity (Wildman–Crippen MR) is 70.7 cm³/mol. The topological polar surface area (TPSA) is 44.0 Å². The molecule has 16 heavy (non-hydrogen) atoms. The molecule has 0 atom stereocenters. The summed E-state index contributed by atoms with van der Waals surface area (Å²) in [5, 5.41) is 11.2. The molecule has 2 N–H and O–H groups in total. The van der Waals surface area contributed by atoms with Crippen molar-refractivity contribution < 1.29 is 0 Å². The van der Waals surface area contributed by atoms with Crippen molar-refractivity contribution in [2.24, 2.45) is 0 Å². The van der Waals surface area contributed by atoms with Gasteiger partial charge < -0.3 is 10.2 Å². The average molecular weight is 258 g/mol. The van der Waals surface area contributed by atoms with Crippen LogP contribution in [-0.4, -0.2) is 41.3 Å². The Morgan fingerprint density at radius 1 is 1.50 bits per heavy atom. The third-order valence-corrected chi connectivity index (χ3v) is 4.54. The van der Waals surface area contributed by atoms with E-state index in [9.17, 15) is 0 Å². The quantitative estimate of drug-likeness (QED) is 0.814. The lowest BCUT2D eigenvalue weighted by atomic mass is 9.96. The molecular formula is C10H18N4S2. The molecule has 1 saturated carbocycles. The van der Waals surface area contributed by atoms with Crippen LogP contribution in [0.3, 0.4) is 0 Å².